The van der Waals surface area contributed by atoms with E-state index in [1.54, 1.807) is 0 Å². The third-order valence-electron chi connectivity index (χ3n) is 13.1. The normalized spacial score (nSPS) is 12.6. The van der Waals surface area contributed by atoms with Crippen LogP contribution in [0.2, 0.25) is 0 Å². The summed E-state index contributed by atoms with van der Waals surface area (Å²) in [5, 5.41) is 9.43. The molecule has 0 aliphatic carbocycles. The fourth-order valence-corrected chi connectivity index (χ4v) is 10.7. The third kappa shape index (κ3) is 3.83. The summed E-state index contributed by atoms with van der Waals surface area (Å²) in [5.74, 6) is 1.37. The molecule has 0 aliphatic rings. The van der Waals surface area contributed by atoms with Crippen molar-refractivity contribution in [3.63, 3.8) is 0 Å². The Morgan fingerprint density at radius 1 is 0.311 bits per heavy atom. The molecular weight excluding hydrogens is 749 g/mol. The summed E-state index contributed by atoms with van der Waals surface area (Å²) in [4.78, 5) is 16.3. The summed E-state index contributed by atoms with van der Waals surface area (Å²) < 4.78 is 11.7. The smallest absolute Gasteiger partial charge is 0.236 e. The lowest BCUT2D eigenvalue weighted by Gasteiger charge is -2.11. The van der Waals surface area contributed by atoms with Crippen LogP contribution < -0.4 is 0 Å². The topological polar surface area (TPSA) is 62.3 Å². The van der Waals surface area contributed by atoms with Crippen molar-refractivity contribution in [1.29, 1.82) is 0 Å². The fourth-order valence-electron chi connectivity index (χ4n) is 10.7. The van der Waals surface area contributed by atoms with Gasteiger partial charge in [0.25, 0.3) is 0 Å². The fraction of sp³-hybridized carbons (Fsp3) is 0. The molecule has 8 heteroatoms. The van der Waals surface area contributed by atoms with Crippen LogP contribution in [-0.2, 0) is 0 Å². The van der Waals surface area contributed by atoms with Crippen LogP contribution in [0.15, 0.2) is 182 Å². The summed E-state index contributed by atoms with van der Waals surface area (Å²) in [5.41, 5.74) is 13.6. The zero-order chi connectivity index (χ0) is 39.5. The molecule has 0 bridgehead atoms. The summed E-state index contributed by atoms with van der Waals surface area (Å²) in [7, 11) is 0. The standard InChI is InChI=1S/C53H30N8/c1-3-14-31(15-4-1)57-42-24-13-25-43-46(42)47-44(57)29-28-36-33-18-9-12-23-41(33)61(48(36)47)53-56-51-45(59(43)53)30-54-52(55-51)60-40-22-11-8-20-35(40)38-27-26-37-34-19-7-10-21-39(34)58(49(37)50(38)60)32-16-5-2-6-17-32/h1-30H. The molecule has 0 fully saturated rings. The van der Waals surface area contributed by atoms with Crippen molar-refractivity contribution >= 4 is 110 Å². The molecule has 0 aliphatic heterocycles. The molecule has 0 unspecified atom stereocenters. The first-order valence-electron chi connectivity index (χ1n) is 20.6. The molecule has 282 valence electrons. The summed E-state index contributed by atoms with van der Waals surface area (Å²) >= 11 is 0. The highest BCUT2D eigenvalue weighted by Crippen LogP contribution is 2.45. The van der Waals surface area contributed by atoms with E-state index >= 15 is 0 Å². The van der Waals surface area contributed by atoms with Gasteiger partial charge in [0.15, 0.2) is 5.65 Å². The van der Waals surface area contributed by atoms with Gasteiger partial charge in [-0.15, -0.1) is 0 Å². The predicted octanol–water partition coefficient (Wildman–Crippen LogP) is 12.6. The van der Waals surface area contributed by atoms with Crippen LogP contribution >= 0.6 is 0 Å². The van der Waals surface area contributed by atoms with Crippen molar-refractivity contribution in [1.82, 2.24) is 37.5 Å². The first-order chi connectivity index (χ1) is 30.3. The highest BCUT2D eigenvalue weighted by Gasteiger charge is 2.26. The second kappa shape index (κ2) is 11.2. The maximum atomic E-state index is 5.52. The Morgan fingerprint density at radius 2 is 0.836 bits per heavy atom. The summed E-state index contributed by atoms with van der Waals surface area (Å²) in [6.07, 6.45) is 1.98. The zero-order valence-corrected chi connectivity index (χ0v) is 32.4. The second-order valence-corrected chi connectivity index (χ2v) is 16.1. The third-order valence-corrected chi connectivity index (χ3v) is 13.1. The molecule has 0 saturated heterocycles. The number of hydrogen-bond acceptors (Lipinski definition) is 3. The molecule has 0 N–H and O–H groups in total. The predicted molar refractivity (Wildman–Crippen MR) is 248 cm³/mol. The van der Waals surface area contributed by atoms with E-state index in [1.165, 1.54) is 32.3 Å². The van der Waals surface area contributed by atoms with Crippen molar-refractivity contribution < 1.29 is 0 Å². The maximum absolute atomic E-state index is 5.52. The van der Waals surface area contributed by atoms with E-state index in [0.29, 0.717) is 11.6 Å². The Balaban J connectivity index is 1.11. The zero-order valence-electron chi connectivity index (χ0n) is 32.4. The number of fused-ring (bicyclic) bond motifs is 15. The molecule has 0 spiro atoms. The number of aromatic nitrogens is 8. The van der Waals surface area contributed by atoms with Gasteiger partial charge >= 0.3 is 0 Å². The van der Waals surface area contributed by atoms with Crippen LogP contribution in [-0.4, -0.2) is 37.5 Å². The maximum Gasteiger partial charge on any atom is 0.236 e. The van der Waals surface area contributed by atoms with Crippen molar-refractivity contribution in [2.45, 2.75) is 0 Å². The van der Waals surface area contributed by atoms with Crippen molar-refractivity contribution in [3.05, 3.63) is 182 Å². The lowest BCUT2D eigenvalue weighted by Crippen LogP contribution is -2.03. The SMILES string of the molecule is c1ccc(-n2c3cccc4c3c3c2ccc2c5ccccc5n(c23)c2nc3nc(-n5c6ccccc6c6ccc7c8ccccc8n(-c8ccccc8)c7c65)ncc3n42)cc1. The monoisotopic (exact) mass is 778 g/mol. The van der Waals surface area contributed by atoms with Gasteiger partial charge < -0.3 is 9.13 Å². The Kier molecular flexibility index (Phi) is 5.76. The Morgan fingerprint density at radius 3 is 1.56 bits per heavy atom. The molecule has 15 rings (SSSR count). The van der Waals surface area contributed by atoms with Gasteiger partial charge in [-0.3, -0.25) is 13.4 Å². The molecule has 8 nitrogen and oxygen atoms in total. The molecule has 7 heterocycles. The quantitative estimate of drug-likeness (QED) is 0.179. The highest BCUT2D eigenvalue weighted by atomic mass is 15.2. The lowest BCUT2D eigenvalue weighted by molar-refractivity contribution is 1.00. The number of hydrogen-bond donors (Lipinski definition) is 0. The average Bonchev–Trinajstić information content (AvgIpc) is 4.10. The van der Waals surface area contributed by atoms with Gasteiger partial charge in [-0.25, -0.2) is 4.98 Å². The van der Waals surface area contributed by atoms with E-state index in [0.717, 1.165) is 83.1 Å². The minimum absolute atomic E-state index is 0.572. The average molecular weight is 779 g/mol. The largest absolute Gasteiger partial charge is 0.309 e. The Bertz CT molecular complexity index is 4330. The minimum atomic E-state index is 0.572. The molecular formula is C53H30N8. The van der Waals surface area contributed by atoms with Crippen molar-refractivity contribution in [2.75, 3.05) is 0 Å². The van der Waals surface area contributed by atoms with E-state index in [-0.39, 0.29) is 0 Å². The number of rotatable bonds is 3. The van der Waals surface area contributed by atoms with Gasteiger partial charge in [-0.2, -0.15) is 9.97 Å². The van der Waals surface area contributed by atoms with Gasteiger partial charge in [0.1, 0.15) is 5.52 Å². The molecule has 0 atom stereocenters. The molecule has 0 amide bonds. The second-order valence-electron chi connectivity index (χ2n) is 16.1. The van der Waals surface area contributed by atoms with E-state index in [1.807, 2.05) is 6.20 Å². The molecule has 0 saturated carbocycles. The van der Waals surface area contributed by atoms with E-state index in [4.69, 9.17) is 15.0 Å². The van der Waals surface area contributed by atoms with Crippen LogP contribution in [0.1, 0.15) is 0 Å². The van der Waals surface area contributed by atoms with Gasteiger partial charge in [0.2, 0.25) is 11.7 Å². The van der Waals surface area contributed by atoms with E-state index in [2.05, 4.69) is 198 Å². The number of para-hydroxylation sites is 5. The number of imidazole rings is 1. The van der Waals surface area contributed by atoms with Gasteiger partial charge in [0.05, 0.1) is 55.8 Å². The van der Waals surface area contributed by atoms with Crippen molar-refractivity contribution in [3.8, 4) is 17.3 Å². The number of benzene rings is 8. The summed E-state index contributed by atoms with van der Waals surface area (Å²) in [6, 6.07) is 63.0. The molecule has 7 aromatic heterocycles. The lowest BCUT2D eigenvalue weighted by atomic mass is 10.1. The first kappa shape index (κ1) is 31.5. The van der Waals surface area contributed by atoms with Crippen LogP contribution in [0, 0.1) is 0 Å². The minimum Gasteiger partial charge on any atom is -0.309 e. The first-order valence-corrected chi connectivity index (χ1v) is 20.6. The van der Waals surface area contributed by atoms with Gasteiger partial charge in [-0.1, -0.05) is 115 Å². The molecule has 15 aromatic rings. The Hall–Kier alpha value is -8.49. The van der Waals surface area contributed by atoms with Crippen LogP contribution in [0.3, 0.4) is 0 Å². The molecule has 61 heavy (non-hydrogen) atoms. The van der Waals surface area contributed by atoms with Gasteiger partial charge in [0, 0.05) is 54.5 Å². The van der Waals surface area contributed by atoms with Crippen LogP contribution in [0.25, 0.3) is 127 Å². The van der Waals surface area contributed by atoms with E-state index in [9.17, 15) is 0 Å². The van der Waals surface area contributed by atoms with E-state index < -0.39 is 0 Å². The van der Waals surface area contributed by atoms with Crippen molar-refractivity contribution in [2.24, 2.45) is 0 Å². The van der Waals surface area contributed by atoms with Crippen LogP contribution in [0.4, 0.5) is 0 Å². The number of nitrogens with zero attached hydrogens (tertiary/aromatic N) is 8. The molecule has 0 radical (unpaired) electrons. The summed E-state index contributed by atoms with van der Waals surface area (Å²) in [6.45, 7) is 0. The Labute approximate surface area is 345 Å². The highest BCUT2D eigenvalue weighted by molar-refractivity contribution is 6.30. The van der Waals surface area contributed by atoms with Gasteiger partial charge in [-0.05, 0) is 60.7 Å². The molecule has 8 aromatic carbocycles. The van der Waals surface area contributed by atoms with Crippen LogP contribution in [0.5, 0.6) is 0 Å².